The predicted octanol–water partition coefficient (Wildman–Crippen LogP) is 1.52. The third-order valence-electron chi connectivity index (χ3n) is 6.55. The first-order valence-corrected chi connectivity index (χ1v) is 12.5. The van der Waals surface area contributed by atoms with Gasteiger partial charge in [-0.05, 0) is 5.92 Å². The Bertz CT molecular complexity index is 1210. The van der Waals surface area contributed by atoms with E-state index in [1.54, 1.807) is 18.7 Å². The lowest BCUT2D eigenvalue weighted by atomic mass is 10.0. The standard InChI is InChI=1S/C25H30F2N6O6/c1-14(2)21(30-23(35)20-4-5-29-39-20)24(36)32-8-6-31(7-9-32)22-18(26)10-16(11-19(22)27)33-13-17(38-25(33)37)12-28-15(3)34/h4-5,10-11,14,17,21H,6-9,12-13H2,1-3H3,(H,28,34)(H,30,35)/t17-,21-/m0/s1. The summed E-state index contributed by atoms with van der Waals surface area (Å²) in [6.45, 7) is 5.72. The van der Waals surface area contributed by atoms with Crippen LogP contribution in [0.25, 0.3) is 0 Å². The molecule has 12 nitrogen and oxygen atoms in total. The minimum absolute atomic E-state index is 0.000150. The molecule has 4 amide bonds. The van der Waals surface area contributed by atoms with Crippen molar-refractivity contribution in [1.29, 1.82) is 0 Å². The summed E-state index contributed by atoms with van der Waals surface area (Å²) in [6, 6.07) is 2.69. The molecule has 14 heteroatoms. The third-order valence-corrected chi connectivity index (χ3v) is 6.55. The average molecular weight is 549 g/mol. The molecule has 0 aliphatic carbocycles. The SMILES string of the molecule is CC(=O)NC[C@H]1CN(c2cc(F)c(N3CCN(C(=O)[C@@H](NC(=O)c4ccno4)C(C)C)CC3)c(F)c2)C(=O)O1. The molecule has 2 aliphatic heterocycles. The quantitative estimate of drug-likeness (QED) is 0.507. The maximum atomic E-state index is 15.1. The van der Waals surface area contributed by atoms with E-state index in [0.717, 1.165) is 17.0 Å². The average Bonchev–Trinajstić information content (AvgIpc) is 3.55. The molecule has 2 atom stereocenters. The van der Waals surface area contributed by atoms with E-state index in [1.165, 1.54) is 24.1 Å². The van der Waals surface area contributed by atoms with Crippen LogP contribution in [-0.4, -0.2) is 85.3 Å². The third kappa shape index (κ3) is 6.26. The molecule has 0 bridgehead atoms. The second-order valence-corrected chi connectivity index (χ2v) is 9.70. The van der Waals surface area contributed by atoms with Gasteiger partial charge in [0.2, 0.25) is 17.6 Å². The number of rotatable bonds is 8. The normalized spacial score (nSPS) is 18.3. The van der Waals surface area contributed by atoms with Crippen LogP contribution in [0, 0.1) is 17.6 Å². The van der Waals surface area contributed by atoms with Crippen molar-refractivity contribution in [3.05, 3.63) is 41.8 Å². The lowest BCUT2D eigenvalue weighted by molar-refractivity contribution is -0.134. The molecule has 0 radical (unpaired) electrons. The van der Waals surface area contributed by atoms with E-state index in [-0.39, 0.29) is 74.1 Å². The number of anilines is 2. The van der Waals surface area contributed by atoms with Gasteiger partial charge in [-0.2, -0.15) is 0 Å². The fourth-order valence-corrected chi connectivity index (χ4v) is 4.51. The summed E-state index contributed by atoms with van der Waals surface area (Å²) in [6.07, 6.45) is -0.0837. The van der Waals surface area contributed by atoms with Crippen molar-refractivity contribution < 1.29 is 37.2 Å². The van der Waals surface area contributed by atoms with E-state index < -0.39 is 35.8 Å². The van der Waals surface area contributed by atoms with Crippen LogP contribution < -0.4 is 20.4 Å². The molecule has 210 valence electrons. The van der Waals surface area contributed by atoms with E-state index in [9.17, 15) is 19.2 Å². The number of hydrogen-bond acceptors (Lipinski definition) is 8. The van der Waals surface area contributed by atoms with Gasteiger partial charge >= 0.3 is 6.09 Å². The Morgan fingerprint density at radius 2 is 1.79 bits per heavy atom. The Labute approximate surface area is 223 Å². The van der Waals surface area contributed by atoms with Gasteiger partial charge < -0.3 is 29.7 Å². The largest absolute Gasteiger partial charge is 0.442 e. The number of carbonyl (C=O) groups is 4. The molecular formula is C25H30F2N6O6. The maximum absolute atomic E-state index is 15.1. The molecule has 3 heterocycles. The lowest BCUT2D eigenvalue weighted by Gasteiger charge is -2.38. The van der Waals surface area contributed by atoms with Gasteiger partial charge in [0.1, 0.15) is 17.8 Å². The van der Waals surface area contributed by atoms with Crippen LogP contribution in [0.5, 0.6) is 0 Å². The van der Waals surface area contributed by atoms with Crippen molar-refractivity contribution >= 4 is 35.2 Å². The highest BCUT2D eigenvalue weighted by molar-refractivity contribution is 5.95. The van der Waals surface area contributed by atoms with Gasteiger partial charge in [-0.1, -0.05) is 19.0 Å². The molecule has 2 fully saturated rings. The first kappa shape index (κ1) is 27.8. The highest BCUT2D eigenvalue weighted by Gasteiger charge is 2.35. The molecule has 0 saturated carbocycles. The Hall–Kier alpha value is -4.23. The van der Waals surface area contributed by atoms with Crippen molar-refractivity contribution in [3.63, 3.8) is 0 Å². The van der Waals surface area contributed by atoms with Crippen molar-refractivity contribution in [2.45, 2.75) is 32.9 Å². The van der Waals surface area contributed by atoms with Gasteiger partial charge in [-0.15, -0.1) is 0 Å². The number of carbonyl (C=O) groups excluding carboxylic acids is 4. The molecule has 2 N–H and O–H groups in total. The van der Waals surface area contributed by atoms with E-state index in [1.807, 2.05) is 0 Å². The molecule has 0 spiro atoms. The van der Waals surface area contributed by atoms with Crippen LogP contribution in [0.1, 0.15) is 31.3 Å². The maximum Gasteiger partial charge on any atom is 0.414 e. The van der Waals surface area contributed by atoms with E-state index in [2.05, 4.69) is 15.8 Å². The molecule has 2 saturated heterocycles. The number of cyclic esters (lactones) is 1. The number of piperazine rings is 1. The van der Waals surface area contributed by atoms with E-state index >= 15 is 8.78 Å². The summed E-state index contributed by atoms with van der Waals surface area (Å²) in [4.78, 5) is 53.1. The Balaban J connectivity index is 1.39. The number of hydrogen-bond donors (Lipinski definition) is 2. The van der Waals surface area contributed by atoms with Crippen LogP contribution in [0.3, 0.4) is 0 Å². The van der Waals surface area contributed by atoms with Crippen molar-refractivity contribution in [2.75, 3.05) is 49.1 Å². The second-order valence-electron chi connectivity index (χ2n) is 9.70. The molecular weight excluding hydrogens is 518 g/mol. The van der Waals surface area contributed by atoms with Crippen molar-refractivity contribution in [1.82, 2.24) is 20.7 Å². The van der Waals surface area contributed by atoms with Gasteiger partial charge in [-0.3, -0.25) is 19.3 Å². The number of ether oxygens (including phenoxy) is 1. The molecule has 0 unspecified atom stereocenters. The Morgan fingerprint density at radius 3 is 2.36 bits per heavy atom. The van der Waals surface area contributed by atoms with Gasteiger partial charge in [0, 0.05) is 51.3 Å². The fourth-order valence-electron chi connectivity index (χ4n) is 4.51. The topological polar surface area (TPSA) is 137 Å². The molecule has 2 aromatic rings. The zero-order valence-electron chi connectivity index (χ0n) is 21.8. The minimum Gasteiger partial charge on any atom is -0.442 e. The van der Waals surface area contributed by atoms with Gasteiger partial charge in [0.15, 0.2) is 11.6 Å². The zero-order chi connectivity index (χ0) is 28.3. The second kappa shape index (κ2) is 11.7. The lowest BCUT2D eigenvalue weighted by Crippen LogP contribution is -2.56. The van der Waals surface area contributed by atoms with Crippen LogP contribution in [0.15, 0.2) is 28.9 Å². The van der Waals surface area contributed by atoms with Crippen LogP contribution in [0.4, 0.5) is 25.0 Å². The number of benzene rings is 1. The molecule has 4 rings (SSSR count). The van der Waals surface area contributed by atoms with Crippen LogP contribution >= 0.6 is 0 Å². The molecule has 1 aromatic carbocycles. The Morgan fingerprint density at radius 1 is 1.13 bits per heavy atom. The number of nitrogens with zero attached hydrogens (tertiary/aromatic N) is 4. The zero-order valence-corrected chi connectivity index (χ0v) is 21.8. The minimum atomic E-state index is -0.859. The first-order valence-electron chi connectivity index (χ1n) is 12.5. The fraction of sp³-hybridized carbons (Fsp3) is 0.480. The molecule has 2 aliphatic rings. The van der Waals surface area contributed by atoms with Crippen LogP contribution in [0.2, 0.25) is 0 Å². The number of amides is 4. The van der Waals surface area contributed by atoms with E-state index in [0.29, 0.717) is 0 Å². The van der Waals surface area contributed by atoms with Crippen LogP contribution in [-0.2, 0) is 14.3 Å². The highest BCUT2D eigenvalue weighted by atomic mass is 19.1. The predicted molar refractivity (Wildman–Crippen MR) is 134 cm³/mol. The number of nitrogens with one attached hydrogen (secondary N) is 2. The van der Waals surface area contributed by atoms with E-state index in [4.69, 9.17) is 9.26 Å². The molecule has 39 heavy (non-hydrogen) atoms. The smallest absolute Gasteiger partial charge is 0.414 e. The molecule has 1 aromatic heterocycles. The Kier molecular flexibility index (Phi) is 8.31. The number of aromatic nitrogens is 1. The monoisotopic (exact) mass is 548 g/mol. The summed E-state index contributed by atoms with van der Waals surface area (Å²) in [7, 11) is 0. The first-order chi connectivity index (χ1) is 18.5. The van der Waals surface area contributed by atoms with Crippen molar-refractivity contribution in [3.8, 4) is 0 Å². The number of halogens is 2. The van der Waals surface area contributed by atoms with Crippen molar-refractivity contribution in [2.24, 2.45) is 5.92 Å². The highest BCUT2D eigenvalue weighted by Crippen LogP contribution is 2.31. The summed E-state index contributed by atoms with van der Waals surface area (Å²) in [5.74, 6) is -3.12. The van der Waals surface area contributed by atoms with Gasteiger partial charge in [0.05, 0.1) is 25.0 Å². The summed E-state index contributed by atoms with van der Waals surface area (Å²) in [5.41, 5.74) is -0.257. The summed E-state index contributed by atoms with van der Waals surface area (Å²) in [5, 5.41) is 8.70. The van der Waals surface area contributed by atoms with Gasteiger partial charge in [0.25, 0.3) is 5.91 Å². The summed E-state index contributed by atoms with van der Waals surface area (Å²) < 4.78 is 40.3. The summed E-state index contributed by atoms with van der Waals surface area (Å²) >= 11 is 0. The van der Waals surface area contributed by atoms with Gasteiger partial charge in [-0.25, -0.2) is 13.6 Å².